The lowest BCUT2D eigenvalue weighted by atomic mass is 9.92. The third-order valence-corrected chi connectivity index (χ3v) is 4.71. The van der Waals surface area contributed by atoms with Gasteiger partial charge in [-0.25, -0.2) is 4.98 Å². The van der Waals surface area contributed by atoms with Crippen LogP contribution in [0.5, 0.6) is 11.5 Å². The number of benzene rings is 2. The minimum Gasteiger partial charge on any atom is -0.496 e. The van der Waals surface area contributed by atoms with Gasteiger partial charge in [-0.05, 0) is 29.8 Å². The molecule has 2 heterocycles. The number of aromatic amines is 1. The number of ether oxygens (including phenoxy) is 2. The zero-order valence-electron chi connectivity index (χ0n) is 16.7. The molecule has 0 saturated heterocycles. The summed E-state index contributed by atoms with van der Waals surface area (Å²) >= 11 is 0. The second-order valence-electron chi connectivity index (χ2n) is 7.68. The smallest absolute Gasteiger partial charge is 0.202 e. The molecule has 4 aromatic rings. The Morgan fingerprint density at radius 1 is 0.964 bits per heavy atom. The Labute approximate surface area is 163 Å². The average molecular weight is 377 g/mol. The van der Waals surface area contributed by atoms with E-state index in [-0.39, 0.29) is 5.41 Å². The number of fused-ring (bicyclic) bond motifs is 1. The predicted octanol–water partition coefficient (Wildman–Crippen LogP) is 5.20. The topological polar surface area (TPSA) is 73.2 Å². The summed E-state index contributed by atoms with van der Waals surface area (Å²) in [6, 6.07) is 13.7. The molecule has 0 aliphatic rings. The Morgan fingerprint density at radius 3 is 2.29 bits per heavy atom. The van der Waals surface area contributed by atoms with E-state index in [0.29, 0.717) is 11.6 Å². The molecule has 144 valence electrons. The number of rotatable bonds is 4. The van der Waals surface area contributed by atoms with Crippen LogP contribution >= 0.6 is 0 Å². The summed E-state index contributed by atoms with van der Waals surface area (Å²) in [7, 11) is 3.31. The Balaban J connectivity index is 1.79. The van der Waals surface area contributed by atoms with Crippen LogP contribution in [0.4, 0.5) is 0 Å². The molecule has 1 N–H and O–H groups in total. The zero-order chi connectivity index (χ0) is 19.9. The highest BCUT2D eigenvalue weighted by Crippen LogP contribution is 2.39. The fourth-order valence-corrected chi connectivity index (χ4v) is 3.16. The van der Waals surface area contributed by atoms with E-state index < -0.39 is 0 Å². The quantitative estimate of drug-likeness (QED) is 0.529. The van der Waals surface area contributed by atoms with Crippen LogP contribution in [0, 0.1) is 0 Å². The van der Waals surface area contributed by atoms with Crippen LogP contribution in [0.25, 0.3) is 33.7 Å². The SMILES string of the molecule is COc1cccc(OC)c1-c1ccc2nc(-c3cc(C(C)(C)C)no3)[nH]c2c1. The van der Waals surface area contributed by atoms with Gasteiger partial charge in [0.1, 0.15) is 11.5 Å². The van der Waals surface area contributed by atoms with Gasteiger partial charge in [-0.2, -0.15) is 0 Å². The van der Waals surface area contributed by atoms with Crippen molar-refractivity contribution >= 4 is 11.0 Å². The summed E-state index contributed by atoms with van der Waals surface area (Å²) < 4.78 is 16.6. The van der Waals surface area contributed by atoms with Gasteiger partial charge in [0.25, 0.3) is 0 Å². The third-order valence-electron chi connectivity index (χ3n) is 4.71. The van der Waals surface area contributed by atoms with E-state index in [9.17, 15) is 0 Å². The first kappa shape index (κ1) is 18.1. The van der Waals surface area contributed by atoms with Crippen molar-refractivity contribution in [3.05, 3.63) is 48.2 Å². The lowest BCUT2D eigenvalue weighted by molar-refractivity contribution is 0.397. The van der Waals surface area contributed by atoms with E-state index in [1.54, 1.807) is 14.2 Å². The van der Waals surface area contributed by atoms with E-state index in [0.717, 1.165) is 39.4 Å². The van der Waals surface area contributed by atoms with E-state index in [1.807, 2.05) is 42.5 Å². The predicted molar refractivity (Wildman–Crippen MR) is 109 cm³/mol. The fraction of sp³-hybridized carbons (Fsp3) is 0.273. The van der Waals surface area contributed by atoms with Gasteiger partial charge in [-0.3, -0.25) is 0 Å². The highest BCUT2D eigenvalue weighted by molar-refractivity contribution is 5.87. The second-order valence-corrected chi connectivity index (χ2v) is 7.68. The molecule has 6 heteroatoms. The first-order chi connectivity index (χ1) is 13.4. The molecular formula is C22H23N3O3. The largest absolute Gasteiger partial charge is 0.496 e. The Morgan fingerprint density at radius 2 is 1.68 bits per heavy atom. The maximum Gasteiger partial charge on any atom is 0.202 e. The van der Waals surface area contributed by atoms with Gasteiger partial charge in [0.15, 0.2) is 5.82 Å². The van der Waals surface area contributed by atoms with Crippen molar-refractivity contribution in [3.63, 3.8) is 0 Å². The summed E-state index contributed by atoms with van der Waals surface area (Å²) in [4.78, 5) is 7.98. The molecule has 4 rings (SSSR count). The Hall–Kier alpha value is -3.28. The zero-order valence-corrected chi connectivity index (χ0v) is 16.7. The first-order valence-corrected chi connectivity index (χ1v) is 9.09. The number of hydrogen-bond donors (Lipinski definition) is 1. The van der Waals surface area contributed by atoms with Crippen molar-refractivity contribution in [1.29, 1.82) is 0 Å². The lowest BCUT2D eigenvalue weighted by Gasteiger charge is -2.13. The Bertz CT molecular complexity index is 1110. The molecule has 28 heavy (non-hydrogen) atoms. The minimum absolute atomic E-state index is 0.0820. The molecule has 2 aromatic heterocycles. The number of nitrogens with zero attached hydrogens (tertiary/aromatic N) is 2. The molecule has 0 unspecified atom stereocenters. The fourth-order valence-electron chi connectivity index (χ4n) is 3.16. The summed E-state index contributed by atoms with van der Waals surface area (Å²) in [5.41, 5.74) is 4.43. The number of H-pyrrole nitrogens is 1. The first-order valence-electron chi connectivity index (χ1n) is 9.09. The summed E-state index contributed by atoms with van der Waals surface area (Å²) in [6.45, 7) is 6.29. The van der Waals surface area contributed by atoms with Gasteiger partial charge < -0.3 is 19.0 Å². The monoisotopic (exact) mass is 377 g/mol. The number of nitrogens with one attached hydrogen (secondary N) is 1. The number of methoxy groups -OCH3 is 2. The van der Waals surface area contributed by atoms with Crippen LogP contribution in [0.3, 0.4) is 0 Å². The molecule has 0 aliphatic carbocycles. The van der Waals surface area contributed by atoms with Gasteiger partial charge in [0.05, 0.1) is 36.5 Å². The highest BCUT2D eigenvalue weighted by atomic mass is 16.5. The van der Waals surface area contributed by atoms with Crippen LogP contribution in [0.2, 0.25) is 0 Å². The molecule has 0 spiro atoms. The molecule has 0 bridgehead atoms. The molecule has 0 amide bonds. The maximum atomic E-state index is 5.53. The molecular weight excluding hydrogens is 354 g/mol. The van der Waals surface area contributed by atoms with Crippen LogP contribution in [-0.2, 0) is 5.41 Å². The summed E-state index contributed by atoms with van der Waals surface area (Å²) in [5, 5.41) is 4.18. The van der Waals surface area contributed by atoms with Crippen LogP contribution in [-0.4, -0.2) is 29.3 Å². The number of hydrogen-bond acceptors (Lipinski definition) is 5. The maximum absolute atomic E-state index is 5.53. The van der Waals surface area contributed by atoms with Crippen molar-refractivity contribution < 1.29 is 14.0 Å². The number of imidazole rings is 1. The highest BCUT2D eigenvalue weighted by Gasteiger charge is 2.21. The van der Waals surface area contributed by atoms with E-state index in [4.69, 9.17) is 14.0 Å². The van der Waals surface area contributed by atoms with Gasteiger partial charge in [0, 0.05) is 11.5 Å². The van der Waals surface area contributed by atoms with Crippen molar-refractivity contribution in [2.24, 2.45) is 0 Å². The van der Waals surface area contributed by atoms with E-state index in [2.05, 4.69) is 35.9 Å². The molecule has 0 atom stereocenters. The van der Waals surface area contributed by atoms with Gasteiger partial charge >= 0.3 is 0 Å². The number of aromatic nitrogens is 3. The van der Waals surface area contributed by atoms with Gasteiger partial charge in [-0.1, -0.05) is 38.1 Å². The normalized spacial score (nSPS) is 11.8. The molecule has 0 aliphatic heterocycles. The van der Waals surface area contributed by atoms with E-state index >= 15 is 0 Å². The molecule has 0 radical (unpaired) electrons. The molecule has 6 nitrogen and oxygen atoms in total. The molecule has 0 fully saturated rings. The van der Waals surface area contributed by atoms with Crippen molar-refractivity contribution in [1.82, 2.24) is 15.1 Å². The van der Waals surface area contributed by atoms with Crippen molar-refractivity contribution in [2.75, 3.05) is 14.2 Å². The lowest BCUT2D eigenvalue weighted by Crippen LogP contribution is -2.10. The second kappa shape index (κ2) is 6.71. The standard InChI is InChI=1S/C22H23N3O3/c1-22(2,3)19-12-18(28-25-19)21-23-14-10-9-13(11-15(14)24-21)20-16(26-4)7-6-8-17(20)27-5/h6-12H,1-5H3,(H,23,24). The molecule has 2 aromatic carbocycles. The minimum atomic E-state index is -0.0820. The van der Waals surface area contributed by atoms with Gasteiger partial charge in [-0.15, -0.1) is 0 Å². The summed E-state index contributed by atoms with van der Waals surface area (Å²) in [6.07, 6.45) is 0. The Kier molecular flexibility index (Phi) is 4.34. The van der Waals surface area contributed by atoms with Gasteiger partial charge in [0.2, 0.25) is 5.76 Å². The van der Waals surface area contributed by atoms with E-state index in [1.165, 1.54) is 0 Å². The van der Waals surface area contributed by atoms with Crippen molar-refractivity contribution in [2.45, 2.75) is 26.2 Å². The molecule has 0 saturated carbocycles. The van der Waals surface area contributed by atoms with Crippen LogP contribution in [0.15, 0.2) is 47.0 Å². The average Bonchev–Trinajstić information content (AvgIpc) is 3.33. The van der Waals surface area contributed by atoms with Crippen LogP contribution < -0.4 is 9.47 Å². The van der Waals surface area contributed by atoms with Crippen molar-refractivity contribution in [3.8, 4) is 34.2 Å². The summed E-state index contributed by atoms with van der Waals surface area (Å²) in [5.74, 6) is 2.78. The van der Waals surface area contributed by atoms with Crippen LogP contribution in [0.1, 0.15) is 26.5 Å². The third kappa shape index (κ3) is 3.11.